The van der Waals surface area contributed by atoms with E-state index in [9.17, 15) is 5.11 Å². The highest BCUT2D eigenvalue weighted by molar-refractivity contribution is 5.84. The smallest absolute Gasteiger partial charge is 0.229 e. The van der Waals surface area contributed by atoms with Crippen molar-refractivity contribution >= 4 is 22.9 Å². The summed E-state index contributed by atoms with van der Waals surface area (Å²) < 4.78 is 7.26. The molecule has 0 saturated carbocycles. The molecule has 0 unspecified atom stereocenters. The lowest BCUT2D eigenvalue weighted by molar-refractivity contribution is 0.298. The van der Waals surface area contributed by atoms with Gasteiger partial charge in [-0.1, -0.05) is 12.1 Å². The van der Waals surface area contributed by atoms with Gasteiger partial charge in [-0.15, -0.1) is 0 Å². The molecular formula is C21H30N6O2. The molecule has 8 nitrogen and oxygen atoms in total. The molecule has 3 aromatic rings. The number of aliphatic hydroxyl groups excluding tert-OH is 1. The third kappa shape index (κ3) is 4.59. The van der Waals surface area contributed by atoms with Gasteiger partial charge in [0, 0.05) is 25.2 Å². The fourth-order valence-electron chi connectivity index (χ4n) is 3.16. The molecule has 156 valence electrons. The lowest BCUT2D eigenvalue weighted by Crippen LogP contribution is -2.35. The van der Waals surface area contributed by atoms with Gasteiger partial charge < -0.3 is 24.6 Å². The molecule has 0 bridgehead atoms. The van der Waals surface area contributed by atoms with Crippen LogP contribution in [0, 0.1) is 0 Å². The minimum atomic E-state index is 0.0393. The van der Waals surface area contributed by atoms with E-state index in [1.54, 1.807) is 13.4 Å². The van der Waals surface area contributed by atoms with Crippen LogP contribution in [0.1, 0.15) is 39.3 Å². The van der Waals surface area contributed by atoms with E-state index in [0.29, 0.717) is 24.9 Å². The molecule has 0 fully saturated rings. The molecule has 1 aromatic carbocycles. The van der Waals surface area contributed by atoms with Crippen molar-refractivity contribution in [2.45, 2.75) is 46.3 Å². The number of fused-ring (bicyclic) bond motifs is 1. The maximum absolute atomic E-state index is 9.49. The van der Waals surface area contributed by atoms with E-state index in [2.05, 4.69) is 38.0 Å². The van der Waals surface area contributed by atoms with Crippen LogP contribution < -0.4 is 15.0 Å². The largest absolute Gasteiger partial charge is 0.497 e. The van der Waals surface area contributed by atoms with Crippen LogP contribution in [0.3, 0.4) is 0 Å². The van der Waals surface area contributed by atoms with Crippen molar-refractivity contribution in [2.75, 3.05) is 30.5 Å². The number of aliphatic hydroxyl groups is 1. The van der Waals surface area contributed by atoms with Crippen molar-refractivity contribution < 1.29 is 9.84 Å². The predicted octanol–water partition coefficient (Wildman–Crippen LogP) is 3.24. The van der Waals surface area contributed by atoms with Crippen molar-refractivity contribution in [3.63, 3.8) is 0 Å². The molecule has 0 aliphatic carbocycles. The Morgan fingerprint density at radius 2 is 1.86 bits per heavy atom. The maximum Gasteiger partial charge on any atom is 0.229 e. The van der Waals surface area contributed by atoms with Crippen molar-refractivity contribution in [2.24, 2.45) is 0 Å². The molecule has 0 aliphatic heterocycles. The number of nitrogens with zero attached hydrogens (tertiary/aromatic N) is 5. The zero-order valence-electron chi connectivity index (χ0n) is 17.8. The summed E-state index contributed by atoms with van der Waals surface area (Å²) in [5, 5.41) is 12.9. The summed E-state index contributed by atoms with van der Waals surface area (Å²) in [5.41, 5.74) is 2.63. The maximum atomic E-state index is 9.49. The van der Waals surface area contributed by atoms with Gasteiger partial charge in [-0.3, -0.25) is 0 Å². The first-order chi connectivity index (χ1) is 13.9. The summed E-state index contributed by atoms with van der Waals surface area (Å²) in [6.07, 6.45) is 1.80. The molecule has 0 spiro atoms. The highest BCUT2D eigenvalue weighted by atomic mass is 16.5. The second-order valence-electron chi connectivity index (χ2n) is 7.50. The van der Waals surface area contributed by atoms with Gasteiger partial charge in [-0.2, -0.15) is 9.97 Å². The SMILES string of the molecule is COc1ccc(CNc2nc(N(CCO)C(C)C)nc3c2ncn3C(C)C)cc1. The van der Waals surface area contributed by atoms with Gasteiger partial charge >= 0.3 is 0 Å². The molecule has 0 atom stereocenters. The summed E-state index contributed by atoms with van der Waals surface area (Å²) >= 11 is 0. The number of hydrogen-bond acceptors (Lipinski definition) is 7. The highest BCUT2D eigenvalue weighted by Crippen LogP contribution is 2.26. The minimum Gasteiger partial charge on any atom is -0.497 e. The number of nitrogens with one attached hydrogen (secondary N) is 1. The van der Waals surface area contributed by atoms with Crippen LogP contribution in [0.4, 0.5) is 11.8 Å². The molecule has 0 saturated heterocycles. The van der Waals surface area contributed by atoms with Crippen molar-refractivity contribution in [1.29, 1.82) is 0 Å². The van der Waals surface area contributed by atoms with E-state index < -0.39 is 0 Å². The number of anilines is 2. The second kappa shape index (κ2) is 9.09. The third-order valence-electron chi connectivity index (χ3n) is 4.81. The number of imidazole rings is 1. The lowest BCUT2D eigenvalue weighted by atomic mass is 10.2. The van der Waals surface area contributed by atoms with E-state index in [-0.39, 0.29) is 18.7 Å². The van der Waals surface area contributed by atoms with Crippen LogP contribution in [-0.2, 0) is 6.54 Å². The van der Waals surface area contributed by atoms with Gasteiger partial charge in [0.05, 0.1) is 20.0 Å². The van der Waals surface area contributed by atoms with E-state index in [1.165, 1.54) is 0 Å². The summed E-state index contributed by atoms with van der Waals surface area (Å²) in [6.45, 7) is 9.43. The topological polar surface area (TPSA) is 88.3 Å². The lowest BCUT2D eigenvalue weighted by Gasteiger charge is -2.26. The molecule has 0 aliphatic rings. The molecule has 0 radical (unpaired) electrons. The molecule has 3 rings (SSSR count). The number of methoxy groups -OCH3 is 1. The van der Waals surface area contributed by atoms with E-state index >= 15 is 0 Å². The fourth-order valence-corrected chi connectivity index (χ4v) is 3.16. The van der Waals surface area contributed by atoms with Crippen molar-refractivity contribution in [3.8, 4) is 5.75 Å². The highest BCUT2D eigenvalue weighted by Gasteiger charge is 2.19. The van der Waals surface area contributed by atoms with Crippen LogP contribution in [-0.4, -0.2) is 50.9 Å². The summed E-state index contributed by atoms with van der Waals surface area (Å²) in [7, 11) is 1.66. The third-order valence-corrected chi connectivity index (χ3v) is 4.81. The summed E-state index contributed by atoms with van der Waals surface area (Å²) in [4.78, 5) is 16.1. The Morgan fingerprint density at radius 3 is 2.45 bits per heavy atom. The zero-order valence-corrected chi connectivity index (χ0v) is 17.8. The van der Waals surface area contributed by atoms with Crippen LogP contribution in [0.5, 0.6) is 5.75 Å². The van der Waals surface area contributed by atoms with E-state index in [0.717, 1.165) is 22.5 Å². The average molecular weight is 399 g/mol. The molecule has 2 aromatic heterocycles. The standard InChI is InChI=1S/C21H30N6O2/c1-14(2)26(10-11-28)21-24-19(18-20(25-21)27(13-23-18)15(3)4)22-12-16-6-8-17(29-5)9-7-16/h6-9,13-15,28H,10-12H2,1-5H3,(H,22,24,25). The van der Waals surface area contributed by atoms with Crippen molar-refractivity contribution in [1.82, 2.24) is 19.5 Å². The first kappa shape index (κ1) is 20.9. The van der Waals surface area contributed by atoms with Gasteiger partial charge in [0.2, 0.25) is 5.95 Å². The number of aromatic nitrogens is 4. The Morgan fingerprint density at radius 1 is 1.14 bits per heavy atom. The Labute approximate surface area is 171 Å². The Bertz CT molecular complexity index is 936. The second-order valence-corrected chi connectivity index (χ2v) is 7.50. The normalized spacial score (nSPS) is 11.4. The van der Waals surface area contributed by atoms with Gasteiger partial charge in [-0.25, -0.2) is 4.98 Å². The molecule has 2 heterocycles. The van der Waals surface area contributed by atoms with E-state index in [4.69, 9.17) is 14.7 Å². The number of ether oxygens (including phenoxy) is 1. The first-order valence-electron chi connectivity index (χ1n) is 9.93. The monoisotopic (exact) mass is 398 g/mol. The Hall–Kier alpha value is -2.87. The number of hydrogen-bond donors (Lipinski definition) is 2. The minimum absolute atomic E-state index is 0.0393. The summed E-state index contributed by atoms with van der Waals surface area (Å²) in [6, 6.07) is 8.29. The van der Waals surface area contributed by atoms with Gasteiger partial charge in [0.15, 0.2) is 17.0 Å². The Balaban J connectivity index is 1.99. The number of rotatable bonds is 9. The van der Waals surface area contributed by atoms with Crippen LogP contribution in [0.25, 0.3) is 11.2 Å². The fraction of sp³-hybridized carbons (Fsp3) is 0.476. The molecule has 2 N–H and O–H groups in total. The first-order valence-corrected chi connectivity index (χ1v) is 9.93. The summed E-state index contributed by atoms with van der Waals surface area (Å²) in [5.74, 6) is 2.10. The van der Waals surface area contributed by atoms with E-state index in [1.807, 2.05) is 33.7 Å². The molecule has 29 heavy (non-hydrogen) atoms. The molecule has 0 amide bonds. The number of benzene rings is 1. The van der Waals surface area contributed by atoms with Crippen LogP contribution in [0.2, 0.25) is 0 Å². The predicted molar refractivity (Wildman–Crippen MR) is 116 cm³/mol. The quantitative estimate of drug-likeness (QED) is 0.572. The average Bonchev–Trinajstić information content (AvgIpc) is 3.14. The molecule has 8 heteroatoms. The van der Waals surface area contributed by atoms with Gasteiger partial charge in [0.25, 0.3) is 0 Å². The van der Waals surface area contributed by atoms with Gasteiger partial charge in [-0.05, 0) is 45.4 Å². The van der Waals surface area contributed by atoms with Crippen molar-refractivity contribution in [3.05, 3.63) is 36.2 Å². The Kier molecular flexibility index (Phi) is 6.53. The zero-order chi connectivity index (χ0) is 21.0. The van der Waals surface area contributed by atoms with Crippen LogP contribution in [0.15, 0.2) is 30.6 Å². The van der Waals surface area contributed by atoms with Gasteiger partial charge in [0.1, 0.15) is 5.75 Å². The van der Waals surface area contributed by atoms with Crippen LogP contribution >= 0.6 is 0 Å². The molecular weight excluding hydrogens is 368 g/mol.